The second-order valence-corrected chi connectivity index (χ2v) is 5.68. The molecule has 0 aromatic heterocycles. The van der Waals surface area contributed by atoms with Crippen LogP contribution < -0.4 is 0 Å². The van der Waals surface area contributed by atoms with E-state index in [2.05, 4.69) is 0 Å². The summed E-state index contributed by atoms with van der Waals surface area (Å²) in [6.45, 7) is 6.29. The zero-order chi connectivity index (χ0) is 11.3. The Bertz CT molecular complexity index is 197. The van der Waals surface area contributed by atoms with Crippen molar-refractivity contribution in [2.75, 3.05) is 6.61 Å². The molecule has 0 aliphatic heterocycles. The van der Waals surface area contributed by atoms with Crippen LogP contribution in [0.2, 0.25) is 0 Å². The third-order valence-electron chi connectivity index (χ3n) is 3.08. The molecule has 0 saturated heterocycles. The van der Waals surface area contributed by atoms with Crippen molar-refractivity contribution in [2.45, 2.75) is 59.3 Å². The molecule has 15 heavy (non-hydrogen) atoms. The first-order valence-electron chi connectivity index (χ1n) is 6.17. The van der Waals surface area contributed by atoms with Gasteiger partial charge in [-0.15, -0.1) is 0 Å². The van der Waals surface area contributed by atoms with Gasteiger partial charge in [-0.3, -0.25) is 4.79 Å². The third-order valence-corrected chi connectivity index (χ3v) is 3.08. The van der Waals surface area contributed by atoms with Gasteiger partial charge in [-0.2, -0.15) is 0 Å². The summed E-state index contributed by atoms with van der Waals surface area (Å²) in [6.07, 6.45) is 7.82. The molecule has 1 saturated carbocycles. The van der Waals surface area contributed by atoms with Gasteiger partial charge in [0.1, 0.15) is 0 Å². The maximum atomic E-state index is 11.4. The molecular weight excluding hydrogens is 188 g/mol. The normalized spacial score (nSPS) is 18.1. The summed E-state index contributed by atoms with van der Waals surface area (Å²) < 4.78 is 5.23. The average Bonchev–Trinajstić information content (AvgIpc) is 2.63. The number of ether oxygens (including phenoxy) is 1. The van der Waals surface area contributed by atoms with Crippen molar-refractivity contribution in [2.24, 2.45) is 11.3 Å². The third kappa shape index (κ3) is 4.67. The Balaban J connectivity index is 2.03. The molecule has 0 aromatic rings. The second kappa shape index (κ2) is 5.53. The van der Waals surface area contributed by atoms with Crippen molar-refractivity contribution in [3.8, 4) is 0 Å². The highest BCUT2D eigenvalue weighted by atomic mass is 16.5. The Labute approximate surface area is 93.4 Å². The van der Waals surface area contributed by atoms with Gasteiger partial charge in [0.05, 0.1) is 12.0 Å². The highest BCUT2D eigenvalue weighted by Crippen LogP contribution is 2.28. The number of esters is 1. The standard InChI is InChI=1S/C13H24O2/c1-13(2,3)12(14)15-10-6-9-11-7-4-5-8-11/h11H,4-10H2,1-3H3. The van der Waals surface area contributed by atoms with E-state index < -0.39 is 0 Å². The van der Waals surface area contributed by atoms with Gasteiger partial charge in [0, 0.05) is 0 Å². The van der Waals surface area contributed by atoms with Crippen molar-refractivity contribution in [3.63, 3.8) is 0 Å². The van der Waals surface area contributed by atoms with E-state index in [-0.39, 0.29) is 11.4 Å². The molecule has 0 N–H and O–H groups in total. The van der Waals surface area contributed by atoms with Gasteiger partial charge in [-0.05, 0) is 39.5 Å². The molecule has 1 fully saturated rings. The van der Waals surface area contributed by atoms with Crippen LogP contribution in [0.3, 0.4) is 0 Å². The van der Waals surface area contributed by atoms with Crippen molar-refractivity contribution < 1.29 is 9.53 Å². The van der Waals surface area contributed by atoms with E-state index >= 15 is 0 Å². The summed E-state index contributed by atoms with van der Waals surface area (Å²) in [5, 5.41) is 0. The molecule has 0 spiro atoms. The highest BCUT2D eigenvalue weighted by Gasteiger charge is 2.22. The fraction of sp³-hybridized carbons (Fsp3) is 0.923. The molecule has 0 heterocycles. The monoisotopic (exact) mass is 212 g/mol. The largest absolute Gasteiger partial charge is 0.465 e. The van der Waals surface area contributed by atoms with Crippen LogP contribution in [-0.2, 0) is 9.53 Å². The number of hydrogen-bond acceptors (Lipinski definition) is 2. The van der Waals surface area contributed by atoms with Gasteiger partial charge < -0.3 is 4.74 Å². The zero-order valence-electron chi connectivity index (χ0n) is 10.3. The minimum absolute atomic E-state index is 0.0751. The predicted molar refractivity (Wildman–Crippen MR) is 61.6 cm³/mol. The van der Waals surface area contributed by atoms with Gasteiger partial charge in [0.2, 0.25) is 0 Å². The summed E-state index contributed by atoms with van der Waals surface area (Å²) in [5.41, 5.74) is -0.354. The molecule has 0 amide bonds. The van der Waals surface area contributed by atoms with Crippen LogP contribution in [0.15, 0.2) is 0 Å². The molecule has 88 valence electrons. The summed E-state index contributed by atoms with van der Waals surface area (Å²) in [7, 11) is 0. The maximum Gasteiger partial charge on any atom is 0.311 e. The average molecular weight is 212 g/mol. The lowest BCUT2D eigenvalue weighted by atomic mass is 9.97. The molecule has 1 rings (SSSR count). The lowest BCUT2D eigenvalue weighted by Crippen LogP contribution is -2.23. The van der Waals surface area contributed by atoms with Crippen molar-refractivity contribution >= 4 is 5.97 Å². The number of carbonyl (C=O) groups is 1. The van der Waals surface area contributed by atoms with Gasteiger partial charge in [-0.1, -0.05) is 25.7 Å². The van der Waals surface area contributed by atoms with Gasteiger partial charge in [0.25, 0.3) is 0 Å². The van der Waals surface area contributed by atoms with Crippen LogP contribution in [0.25, 0.3) is 0 Å². The van der Waals surface area contributed by atoms with E-state index in [4.69, 9.17) is 4.74 Å². The molecule has 2 heteroatoms. The molecule has 2 nitrogen and oxygen atoms in total. The van der Waals surface area contributed by atoms with E-state index in [0.717, 1.165) is 12.3 Å². The van der Waals surface area contributed by atoms with Gasteiger partial charge >= 0.3 is 5.97 Å². The topological polar surface area (TPSA) is 26.3 Å². The molecule has 0 aromatic carbocycles. The van der Waals surface area contributed by atoms with Crippen molar-refractivity contribution in [1.82, 2.24) is 0 Å². The molecule has 1 aliphatic carbocycles. The van der Waals surface area contributed by atoms with Gasteiger partial charge in [0.15, 0.2) is 0 Å². The van der Waals surface area contributed by atoms with E-state index in [0.29, 0.717) is 6.61 Å². The zero-order valence-corrected chi connectivity index (χ0v) is 10.3. The smallest absolute Gasteiger partial charge is 0.311 e. The molecular formula is C13H24O2. The lowest BCUT2D eigenvalue weighted by molar-refractivity contribution is -0.153. The number of carbonyl (C=O) groups excluding carboxylic acids is 1. The van der Waals surface area contributed by atoms with Crippen LogP contribution in [-0.4, -0.2) is 12.6 Å². The van der Waals surface area contributed by atoms with Gasteiger partial charge in [-0.25, -0.2) is 0 Å². The van der Waals surface area contributed by atoms with Crippen LogP contribution in [0.4, 0.5) is 0 Å². The van der Waals surface area contributed by atoms with Crippen LogP contribution in [0.1, 0.15) is 59.3 Å². The Morgan fingerprint density at radius 3 is 2.40 bits per heavy atom. The van der Waals surface area contributed by atoms with Crippen LogP contribution >= 0.6 is 0 Å². The number of rotatable bonds is 4. The SMILES string of the molecule is CC(C)(C)C(=O)OCCCC1CCCC1. The highest BCUT2D eigenvalue weighted by molar-refractivity contribution is 5.75. The Morgan fingerprint density at radius 1 is 1.27 bits per heavy atom. The first-order valence-corrected chi connectivity index (χ1v) is 6.17. The van der Waals surface area contributed by atoms with Crippen LogP contribution in [0.5, 0.6) is 0 Å². The van der Waals surface area contributed by atoms with Crippen molar-refractivity contribution in [3.05, 3.63) is 0 Å². The second-order valence-electron chi connectivity index (χ2n) is 5.68. The predicted octanol–water partition coefficient (Wildman–Crippen LogP) is 3.55. The van der Waals surface area contributed by atoms with Crippen LogP contribution in [0, 0.1) is 11.3 Å². The molecule has 0 unspecified atom stereocenters. The van der Waals surface area contributed by atoms with E-state index in [1.54, 1.807) is 0 Å². The summed E-state index contributed by atoms with van der Waals surface area (Å²) >= 11 is 0. The van der Waals surface area contributed by atoms with Crippen molar-refractivity contribution in [1.29, 1.82) is 0 Å². The molecule has 0 radical (unpaired) electrons. The molecule has 0 bridgehead atoms. The summed E-state index contributed by atoms with van der Waals surface area (Å²) in [4.78, 5) is 11.4. The maximum absolute atomic E-state index is 11.4. The first-order chi connectivity index (χ1) is 7.00. The fourth-order valence-corrected chi connectivity index (χ4v) is 2.05. The quantitative estimate of drug-likeness (QED) is 0.526. The molecule has 0 atom stereocenters. The fourth-order valence-electron chi connectivity index (χ4n) is 2.05. The summed E-state index contributed by atoms with van der Waals surface area (Å²) in [5.74, 6) is 0.826. The summed E-state index contributed by atoms with van der Waals surface area (Å²) in [6, 6.07) is 0. The first kappa shape index (κ1) is 12.5. The Kier molecular flexibility index (Phi) is 4.62. The number of hydrogen-bond donors (Lipinski definition) is 0. The Hall–Kier alpha value is -0.530. The minimum atomic E-state index is -0.354. The van der Waals surface area contributed by atoms with E-state index in [1.807, 2.05) is 20.8 Å². The lowest BCUT2D eigenvalue weighted by Gasteiger charge is -2.17. The van der Waals surface area contributed by atoms with E-state index in [9.17, 15) is 4.79 Å². The minimum Gasteiger partial charge on any atom is -0.465 e. The molecule has 1 aliphatic rings. The Morgan fingerprint density at radius 2 is 1.87 bits per heavy atom. The van der Waals surface area contributed by atoms with E-state index in [1.165, 1.54) is 32.1 Å².